The van der Waals surface area contributed by atoms with Crippen LogP contribution in [0.25, 0.3) is 17.0 Å². The van der Waals surface area contributed by atoms with E-state index in [1.54, 1.807) is 40.8 Å². The molecule has 1 amide bonds. The maximum absolute atomic E-state index is 12.1. The van der Waals surface area contributed by atoms with Crippen LogP contribution in [0, 0.1) is 0 Å². The van der Waals surface area contributed by atoms with Crippen molar-refractivity contribution in [3.63, 3.8) is 0 Å². The summed E-state index contributed by atoms with van der Waals surface area (Å²) >= 11 is 0. The Morgan fingerprint density at radius 2 is 1.74 bits per heavy atom. The van der Waals surface area contributed by atoms with Crippen LogP contribution in [0.1, 0.15) is 43.7 Å². The molecular formula is C19H22N4O4. The van der Waals surface area contributed by atoms with Crippen LogP contribution < -0.4 is 4.90 Å². The molecule has 2 aromatic heterocycles. The maximum atomic E-state index is 12.1. The van der Waals surface area contributed by atoms with Crippen molar-refractivity contribution in [1.82, 2.24) is 15.0 Å². The number of aromatic nitrogens is 3. The summed E-state index contributed by atoms with van der Waals surface area (Å²) in [4.78, 5) is 37.2. The quantitative estimate of drug-likeness (QED) is 0.876. The van der Waals surface area contributed by atoms with Gasteiger partial charge in [0.15, 0.2) is 11.5 Å². The first-order valence-electron chi connectivity index (χ1n) is 8.18. The van der Waals surface area contributed by atoms with Gasteiger partial charge in [0.25, 0.3) is 0 Å². The molecule has 0 saturated heterocycles. The Kier molecular flexibility index (Phi) is 5.58. The average molecular weight is 370 g/mol. The molecule has 0 radical (unpaired) electrons. The van der Waals surface area contributed by atoms with Crippen LogP contribution in [-0.4, -0.2) is 44.8 Å². The van der Waals surface area contributed by atoms with Gasteiger partial charge in [0, 0.05) is 24.4 Å². The highest BCUT2D eigenvalue weighted by Crippen LogP contribution is 2.23. The van der Waals surface area contributed by atoms with E-state index >= 15 is 0 Å². The predicted molar refractivity (Wildman–Crippen MR) is 102 cm³/mol. The number of anilines is 1. The number of rotatable bonds is 4. The molecule has 0 spiro atoms. The van der Waals surface area contributed by atoms with Gasteiger partial charge >= 0.3 is 12.1 Å². The molecule has 142 valence electrons. The lowest BCUT2D eigenvalue weighted by Crippen LogP contribution is -2.34. The third-order valence-corrected chi connectivity index (χ3v) is 3.50. The number of aromatic carboxylic acids is 1. The molecule has 0 atom stereocenters. The number of allylic oxidation sites excluding steroid dienone is 1. The molecule has 0 aromatic carbocycles. The minimum atomic E-state index is -1.13. The Balaban J connectivity index is 2.30. The summed E-state index contributed by atoms with van der Waals surface area (Å²) in [5, 5.41) is 9.22. The van der Waals surface area contributed by atoms with Crippen molar-refractivity contribution < 1.29 is 19.4 Å². The van der Waals surface area contributed by atoms with Gasteiger partial charge in [0.2, 0.25) is 0 Å². The fraction of sp³-hybridized carbons (Fsp3) is 0.316. The van der Waals surface area contributed by atoms with E-state index in [0.717, 1.165) is 0 Å². The van der Waals surface area contributed by atoms with Crippen molar-refractivity contribution in [3.05, 3.63) is 42.5 Å². The van der Waals surface area contributed by atoms with Crippen molar-refractivity contribution in [1.29, 1.82) is 0 Å². The van der Waals surface area contributed by atoms with Gasteiger partial charge in [-0.2, -0.15) is 0 Å². The molecule has 8 heteroatoms. The number of hydrogen-bond donors (Lipinski definition) is 1. The van der Waals surface area contributed by atoms with E-state index < -0.39 is 17.7 Å². The zero-order valence-electron chi connectivity index (χ0n) is 16.0. The summed E-state index contributed by atoms with van der Waals surface area (Å²) in [6.45, 7) is 10.8. The standard InChI is InChI=1S/C19H22N4O4/c1-11(2)14-7-12(8-20-15(14)17(24)25)16-21-9-13(10-22-16)23(6)18(26)27-19(3,4)5/h7-10H,1H2,2-6H3,(H,24,25). The van der Waals surface area contributed by atoms with Crippen LogP contribution >= 0.6 is 0 Å². The smallest absolute Gasteiger partial charge is 0.414 e. The third kappa shape index (κ3) is 4.87. The van der Waals surface area contributed by atoms with Crippen molar-refractivity contribution in [2.75, 3.05) is 11.9 Å². The molecular weight excluding hydrogens is 348 g/mol. The normalized spacial score (nSPS) is 11.0. The van der Waals surface area contributed by atoms with Crippen molar-refractivity contribution in [2.24, 2.45) is 0 Å². The van der Waals surface area contributed by atoms with Gasteiger partial charge in [-0.3, -0.25) is 4.90 Å². The Morgan fingerprint density at radius 1 is 1.15 bits per heavy atom. The zero-order valence-corrected chi connectivity index (χ0v) is 16.0. The number of nitrogens with zero attached hydrogens (tertiary/aromatic N) is 4. The highest BCUT2D eigenvalue weighted by Gasteiger charge is 2.21. The fourth-order valence-electron chi connectivity index (χ4n) is 2.16. The largest absolute Gasteiger partial charge is 0.476 e. The predicted octanol–water partition coefficient (Wildman–Crippen LogP) is 3.64. The molecule has 0 aliphatic heterocycles. The molecule has 27 heavy (non-hydrogen) atoms. The maximum Gasteiger partial charge on any atom is 0.414 e. The van der Waals surface area contributed by atoms with Crippen molar-refractivity contribution in [2.45, 2.75) is 33.3 Å². The second-order valence-electron chi connectivity index (χ2n) is 7.01. The first-order chi connectivity index (χ1) is 12.5. The fourth-order valence-corrected chi connectivity index (χ4v) is 2.16. The molecule has 8 nitrogen and oxygen atoms in total. The lowest BCUT2D eigenvalue weighted by atomic mass is 10.0. The van der Waals surface area contributed by atoms with Crippen LogP contribution in [0.4, 0.5) is 10.5 Å². The first kappa shape index (κ1) is 20.0. The second kappa shape index (κ2) is 7.53. The van der Waals surface area contributed by atoms with Crippen LogP contribution in [0.5, 0.6) is 0 Å². The molecule has 1 N–H and O–H groups in total. The summed E-state index contributed by atoms with van der Waals surface area (Å²) in [7, 11) is 1.56. The van der Waals surface area contributed by atoms with Gasteiger partial charge in [-0.15, -0.1) is 0 Å². The summed E-state index contributed by atoms with van der Waals surface area (Å²) in [6, 6.07) is 1.63. The van der Waals surface area contributed by atoms with E-state index in [0.29, 0.717) is 28.2 Å². The number of carboxylic acid groups (broad SMARTS) is 1. The minimum Gasteiger partial charge on any atom is -0.476 e. The number of amides is 1. The van der Waals surface area contributed by atoms with E-state index in [9.17, 15) is 14.7 Å². The number of carbonyl (C=O) groups is 2. The third-order valence-electron chi connectivity index (χ3n) is 3.50. The average Bonchev–Trinajstić information content (AvgIpc) is 2.59. The molecule has 0 aliphatic carbocycles. The van der Waals surface area contributed by atoms with Gasteiger partial charge in [0.05, 0.1) is 18.1 Å². The molecule has 2 aromatic rings. The van der Waals surface area contributed by atoms with Crippen LogP contribution in [-0.2, 0) is 4.74 Å². The summed E-state index contributed by atoms with van der Waals surface area (Å²) in [5.74, 6) is -0.780. The van der Waals surface area contributed by atoms with E-state index in [1.165, 1.54) is 23.5 Å². The topological polar surface area (TPSA) is 106 Å². The molecule has 0 fully saturated rings. The Labute approximate surface area is 157 Å². The number of pyridine rings is 1. The second-order valence-corrected chi connectivity index (χ2v) is 7.01. The summed E-state index contributed by atoms with van der Waals surface area (Å²) in [5.41, 5.74) is 1.31. The molecule has 0 unspecified atom stereocenters. The van der Waals surface area contributed by atoms with E-state index in [4.69, 9.17) is 4.74 Å². The lowest BCUT2D eigenvalue weighted by molar-refractivity contribution is 0.0588. The number of ether oxygens (including phenoxy) is 1. The van der Waals surface area contributed by atoms with E-state index in [2.05, 4.69) is 21.5 Å². The van der Waals surface area contributed by atoms with E-state index in [-0.39, 0.29) is 5.69 Å². The molecule has 0 saturated carbocycles. The SMILES string of the molecule is C=C(C)c1cc(-c2ncc(N(C)C(=O)OC(C)(C)C)cn2)cnc1C(=O)O. The van der Waals surface area contributed by atoms with Gasteiger partial charge in [-0.1, -0.05) is 6.58 Å². The zero-order chi connectivity index (χ0) is 20.4. The first-order valence-corrected chi connectivity index (χ1v) is 8.18. The Hall–Kier alpha value is -3.29. The molecule has 0 bridgehead atoms. The minimum absolute atomic E-state index is 0.0764. The van der Waals surface area contributed by atoms with Gasteiger partial charge in [0.1, 0.15) is 5.60 Å². The summed E-state index contributed by atoms with van der Waals surface area (Å²) in [6.07, 6.45) is 3.84. The van der Waals surface area contributed by atoms with Crippen LogP contribution in [0.15, 0.2) is 31.2 Å². The van der Waals surface area contributed by atoms with E-state index in [1.807, 2.05) is 0 Å². The highest BCUT2D eigenvalue weighted by molar-refractivity contribution is 5.92. The van der Waals surface area contributed by atoms with Gasteiger partial charge in [-0.05, 0) is 39.3 Å². The monoisotopic (exact) mass is 370 g/mol. The number of hydrogen-bond acceptors (Lipinski definition) is 6. The van der Waals surface area contributed by atoms with Crippen molar-refractivity contribution >= 4 is 23.3 Å². The summed E-state index contributed by atoms with van der Waals surface area (Å²) < 4.78 is 5.30. The molecule has 2 rings (SSSR count). The van der Waals surface area contributed by atoms with Crippen LogP contribution in [0.2, 0.25) is 0 Å². The number of carboxylic acids is 1. The Bertz CT molecular complexity index is 886. The number of carbonyl (C=O) groups excluding carboxylic acids is 1. The van der Waals surface area contributed by atoms with Gasteiger partial charge < -0.3 is 9.84 Å². The van der Waals surface area contributed by atoms with Gasteiger partial charge in [-0.25, -0.2) is 24.5 Å². The molecule has 0 aliphatic rings. The lowest BCUT2D eigenvalue weighted by Gasteiger charge is -2.24. The van der Waals surface area contributed by atoms with Crippen LogP contribution in [0.3, 0.4) is 0 Å². The highest BCUT2D eigenvalue weighted by atomic mass is 16.6. The molecule has 2 heterocycles. The Morgan fingerprint density at radius 3 is 2.22 bits per heavy atom. The van der Waals surface area contributed by atoms with Crippen molar-refractivity contribution in [3.8, 4) is 11.4 Å².